The van der Waals surface area contributed by atoms with Gasteiger partial charge in [0.25, 0.3) is 20.2 Å². The third-order valence-electron chi connectivity index (χ3n) is 10.6. The number of aromatic hydroxyl groups is 1. The quantitative estimate of drug-likeness (QED) is 0.0518. The molecule has 18 nitrogen and oxygen atoms in total. The van der Waals surface area contributed by atoms with Crippen LogP contribution < -0.4 is 5.73 Å². The van der Waals surface area contributed by atoms with E-state index in [1.807, 2.05) is 51.1 Å². The lowest BCUT2D eigenvalue weighted by atomic mass is 10.1. The monoisotopic (exact) mass is 945 g/mol. The molecule has 8 aromatic carbocycles. The zero-order chi connectivity index (χ0) is 48.3. The zero-order valence-electron chi connectivity index (χ0n) is 36.5. The number of anilines is 1. The lowest BCUT2D eigenvalue weighted by Crippen LogP contribution is -2.01. The van der Waals surface area contributed by atoms with Gasteiger partial charge in [-0.3, -0.25) is 9.11 Å². The number of hydrogen-bond acceptors (Lipinski definition) is 16. The molecule has 0 fully saturated rings. The molecule has 0 saturated carbocycles. The summed E-state index contributed by atoms with van der Waals surface area (Å²) in [6.45, 7) is 7.37. The average molecular weight is 946 g/mol. The molecule has 0 aliphatic carbocycles. The van der Waals surface area contributed by atoms with Gasteiger partial charge in [-0.15, -0.1) is 10.2 Å². The fourth-order valence-corrected chi connectivity index (χ4v) is 8.28. The topological polar surface area (TPSA) is 279 Å². The van der Waals surface area contributed by atoms with Crippen molar-refractivity contribution in [3.8, 4) is 5.75 Å². The third-order valence-corrected chi connectivity index (χ3v) is 12.4. The molecule has 20 heteroatoms. The first kappa shape index (κ1) is 46.2. The van der Waals surface area contributed by atoms with Crippen LogP contribution in [0.4, 0.5) is 62.6 Å². The second kappa shape index (κ2) is 18.9. The minimum absolute atomic E-state index is 0.00851. The fraction of sp³-hybridized carbons (Fsp3) is 0.0833. The van der Waals surface area contributed by atoms with Gasteiger partial charge >= 0.3 is 0 Å². The van der Waals surface area contributed by atoms with Crippen LogP contribution in [0.15, 0.2) is 194 Å². The molecule has 0 aliphatic rings. The van der Waals surface area contributed by atoms with Gasteiger partial charge in [0.05, 0.1) is 45.5 Å². The van der Waals surface area contributed by atoms with Gasteiger partial charge < -0.3 is 10.8 Å². The Balaban J connectivity index is 0.927. The molecule has 0 aromatic heterocycles. The molecular formula is C48H39N11O7S2. The maximum absolute atomic E-state index is 12.2. The van der Waals surface area contributed by atoms with Crippen molar-refractivity contribution in [2.75, 3.05) is 5.73 Å². The van der Waals surface area contributed by atoms with E-state index in [0.717, 1.165) is 40.3 Å². The Morgan fingerprint density at radius 1 is 0.382 bits per heavy atom. The van der Waals surface area contributed by atoms with Crippen molar-refractivity contribution < 1.29 is 31.0 Å². The van der Waals surface area contributed by atoms with E-state index in [-0.39, 0.29) is 22.2 Å². The molecule has 0 radical (unpaired) electrons. The maximum Gasteiger partial charge on any atom is 0.296 e. The van der Waals surface area contributed by atoms with Crippen molar-refractivity contribution in [3.05, 3.63) is 156 Å². The number of fused-ring (bicyclic) bond motifs is 2. The summed E-state index contributed by atoms with van der Waals surface area (Å²) in [4.78, 5) is -1.06. The highest BCUT2D eigenvalue weighted by Crippen LogP contribution is 2.40. The van der Waals surface area contributed by atoms with Crippen LogP contribution in [0.1, 0.15) is 22.3 Å². The molecule has 0 amide bonds. The first-order chi connectivity index (χ1) is 32.4. The second-order valence-corrected chi connectivity index (χ2v) is 18.3. The van der Waals surface area contributed by atoms with Crippen molar-refractivity contribution >= 4 is 104 Å². The Morgan fingerprint density at radius 2 is 0.824 bits per heavy atom. The SMILES string of the molecule is Cc1cc(N=Nc2cc(C)c(N=Nc3ccc4cc(N=Nc5ccc(N)cc5)ccc4c3O)cc2C)ccc1N=Nc1ccc(N=Nc2cc3c(S(=O)(=O)O)cccc3cc2S(=O)(=O)O)c(C)c1. The third kappa shape index (κ3) is 10.5. The van der Waals surface area contributed by atoms with E-state index in [1.165, 1.54) is 12.1 Å². The molecule has 0 atom stereocenters. The van der Waals surface area contributed by atoms with E-state index in [2.05, 4.69) is 51.1 Å². The van der Waals surface area contributed by atoms with Gasteiger partial charge in [0.15, 0.2) is 5.75 Å². The summed E-state index contributed by atoms with van der Waals surface area (Å²) in [5, 5.41) is 55.8. The molecular weight excluding hydrogens is 907 g/mol. The number of hydrogen-bond donors (Lipinski definition) is 4. The fourth-order valence-electron chi connectivity index (χ4n) is 6.93. The number of azo groups is 5. The van der Waals surface area contributed by atoms with Crippen molar-refractivity contribution in [3.63, 3.8) is 0 Å². The van der Waals surface area contributed by atoms with Crippen molar-refractivity contribution in [1.82, 2.24) is 0 Å². The summed E-state index contributed by atoms with van der Waals surface area (Å²) in [6.07, 6.45) is 0. The number of nitrogens with zero attached hydrogens (tertiary/aromatic N) is 10. The van der Waals surface area contributed by atoms with Gasteiger partial charge in [-0.05, 0) is 176 Å². The number of nitrogen functional groups attached to an aromatic ring is 1. The minimum Gasteiger partial charge on any atom is -0.505 e. The second-order valence-electron chi connectivity index (χ2n) is 15.5. The number of aryl methyl sites for hydroxylation is 4. The van der Waals surface area contributed by atoms with Crippen molar-refractivity contribution in [2.24, 2.45) is 51.1 Å². The van der Waals surface area contributed by atoms with Crippen molar-refractivity contribution in [2.45, 2.75) is 37.5 Å². The van der Waals surface area contributed by atoms with Gasteiger partial charge in [-0.2, -0.15) is 57.7 Å². The molecule has 8 aromatic rings. The Bertz CT molecular complexity index is 3710. The summed E-state index contributed by atoms with van der Waals surface area (Å²) >= 11 is 0. The van der Waals surface area contributed by atoms with Crippen LogP contribution in [-0.4, -0.2) is 31.0 Å². The van der Waals surface area contributed by atoms with E-state index in [9.17, 15) is 31.0 Å². The van der Waals surface area contributed by atoms with E-state index in [4.69, 9.17) is 5.73 Å². The van der Waals surface area contributed by atoms with Crippen LogP contribution in [0.5, 0.6) is 5.75 Å². The van der Waals surface area contributed by atoms with Gasteiger partial charge in [-0.25, -0.2) is 0 Å². The van der Waals surface area contributed by atoms with E-state index in [1.54, 1.807) is 79.7 Å². The number of rotatable bonds is 12. The first-order valence-corrected chi connectivity index (χ1v) is 23.3. The molecule has 0 saturated heterocycles. The normalized spacial score (nSPS) is 12.6. The van der Waals surface area contributed by atoms with Crippen LogP contribution in [0.3, 0.4) is 0 Å². The highest BCUT2D eigenvalue weighted by molar-refractivity contribution is 7.86. The van der Waals surface area contributed by atoms with Crippen LogP contribution >= 0.6 is 0 Å². The van der Waals surface area contributed by atoms with Crippen LogP contribution in [0.25, 0.3) is 21.5 Å². The van der Waals surface area contributed by atoms with Crippen LogP contribution in [0, 0.1) is 27.7 Å². The summed E-state index contributed by atoms with van der Waals surface area (Å²) in [5.41, 5.74) is 13.9. The molecule has 68 heavy (non-hydrogen) atoms. The Labute approximate surface area is 389 Å². The highest BCUT2D eigenvalue weighted by atomic mass is 32.2. The lowest BCUT2D eigenvalue weighted by molar-refractivity contribution is 0.482. The number of phenolic OH excluding ortho intramolecular Hbond substituents is 1. The molecule has 5 N–H and O–H groups in total. The highest BCUT2D eigenvalue weighted by Gasteiger charge is 2.21. The molecule has 0 unspecified atom stereocenters. The molecule has 0 heterocycles. The van der Waals surface area contributed by atoms with Crippen LogP contribution in [-0.2, 0) is 20.2 Å². The van der Waals surface area contributed by atoms with Gasteiger partial charge in [0.2, 0.25) is 0 Å². The predicted molar refractivity (Wildman–Crippen MR) is 259 cm³/mol. The van der Waals surface area contributed by atoms with Gasteiger partial charge in [-0.1, -0.05) is 18.2 Å². The van der Waals surface area contributed by atoms with Gasteiger partial charge in [0, 0.05) is 16.5 Å². The largest absolute Gasteiger partial charge is 0.505 e. The molecule has 0 spiro atoms. The first-order valence-electron chi connectivity index (χ1n) is 20.4. The van der Waals surface area contributed by atoms with Gasteiger partial charge in [0.1, 0.15) is 21.2 Å². The van der Waals surface area contributed by atoms with E-state index < -0.39 is 30.0 Å². The van der Waals surface area contributed by atoms with Crippen molar-refractivity contribution in [1.29, 1.82) is 0 Å². The number of benzene rings is 8. The zero-order valence-corrected chi connectivity index (χ0v) is 38.2. The lowest BCUT2D eigenvalue weighted by Gasteiger charge is -2.08. The summed E-state index contributed by atoms with van der Waals surface area (Å²) in [7, 11) is -9.47. The minimum atomic E-state index is -4.80. The summed E-state index contributed by atoms with van der Waals surface area (Å²) in [6, 6.07) is 36.0. The van der Waals surface area contributed by atoms with E-state index in [0.29, 0.717) is 67.8 Å². The molecule has 340 valence electrons. The maximum atomic E-state index is 12.2. The molecule has 0 bridgehead atoms. The number of phenols is 1. The average Bonchev–Trinajstić information content (AvgIpc) is 3.29. The number of nitrogens with two attached hydrogens (primary N) is 1. The standard InChI is InChI=1S/C48H39N11O7S2/c1-27-20-36(14-18-40(27)54-52-35-15-19-41(28(2)21-35)55-59-45-26-39-31(25-47(45)68(64,65)66)6-5-7-46(39)67(61,62)63)53-57-43-22-30(4)44(23-29(43)3)58-56-42-17-8-32-24-37(13-16-38(32)48(42)60)51-50-34-11-9-33(49)10-12-34/h5-26,60H,49H2,1-4H3,(H,61,62,63)(H,64,65,66). The Hall–Kier alpha value is -8.30. The van der Waals surface area contributed by atoms with E-state index >= 15 is 0 Å². The Kier molecular flexibility index (Phi) is 12.8. The summed E-state index contributed by atoms with van der Waals surface area (Å²) < 4.78 is 68.0. The molecule has 8 rings (SSSR count). The summed E-state index contributed by atoms with van der Waals surface area (Å²) in [5.74, 6) is -0.00851. The predicted octanol–water partition coefficient (Wildman–Crippen LogP) is 15.1. The Morgan fingerprint density at radius 3 is 1.43 bits per heavy atom. The van der Waals surface area contributed by atoms with Crippen LogP contribution in [0.2, 0.25) is 0 Å². The smallest absolute Gasteiger partial charge is 0.296 e. The molecule has 0 aliphatic heterocycles.